The summed E-state index contributed by atoms with van der Waals surface area (Å²) in [6.07, 6.45) is 0.228. The minimum Gasteiger partial charge on any atom is -0.426 e. The van der Waals surface area contributed by atoms with E-state index in [0.29, 0.717) is 11.3 Å². The highest BCUT2D eigenvalue weighted by molar-refractivity contribution is 5.81. The van der Waals surface area contributed by atoms with Crippen molar-refractivity contribution in [3.05, 3.63) is 23.8 Å². The molecule has 0 N–H and O–H groups in total. The van der Waals surface area contributed by atoms with Crippen molar-refractivity contribution in [1.82, 2.24) is 0 Å². The van der Waals surface area contributed by atoms with Crippen molar-refractivity contribution in [2.24, 2.45) is 0 Å². The zero-order valence-corrected chi connectivity index (χ0v) is 5.66. The average molecular weight is 149 g/mol. The Morgan fingerprint density at radius 1 is 1.36 bits per heavy atom. The first kappa shape index (κ1) is 6.22. The molecule has 0 saturated heterocycles. The lowest BCUT2D eigenvalue weighted by Gasteiger charge is -1.93. The zero-order valence-electron chi connectivity index (χ0n) is 5.66. The molecule has 1 aliphatic rings. The molecule has 2 rings (SSSR count). The fraction of sp³-hybridized carbons (Fsp3) is 0.125. The molecule has 11 heavy (non-hydrogen) atoms. The van der Waals surface area contributed by atoms with E-state index in [-0.39, 0.29) is 18.1 Å². The van der Waals surface area contributed by atoms with Crippen molar-refractivity contribution in [3.8, 4) is 11.5 Å². The van der Waals surface area contributed by atoms with Crippen LogP contribution in [0.5, 0.6) is 11.5 Å². The number of rotatable bonds is 0. The summed E-state index contributed by atoms with van der Waals surface area (Å²) in [5.74, 6) is 0.155. The van der Waals surface area contributed by atoms with Crippen molar-refractivity contribution in [2.45, 2.75) is 6.42 Å². The molecule has 1 radical (unpaired) electrons. The molecule has 0 spiro atoms. The van der Waals surface area contributed by atoms with Crippen LogP contribution in [0.4, 0.5) is 0 Å². The van der Waals surface area contributed by atoms with Crippen LogP contribution < -0.4 is 4.74 Å². The third kappa shape index (κ3) is 0.941. The van der Waals surface area contributed by atoms with Crippen LogP contribution in [-0.4, -0.2) is 5.97 Å². The molecule has 1 aromatic carbocycles. The lowest BCUT2D eigenvalue weighted by Crippen LogP contribution is -1.99. The van der Waals surface area contributed by atoms with Crippen molar-refractivity contribution < 1.29 is 14.6 Å². The number of carbonyl (C=O) groups is 1. The first-order valence-electron chi connectivity index (χ1n) is 3.26. The van der Waals surface area contributed by atoms with E-state index >= 15 is 0 Å². The Morgan fingerprint density at radius 2 is 2.18 bits per heavy atom. The molecule has 3 heteroatoms. The summed E-state index contributed by atoms with van der Waals surface area (Å²) in [6.45, 7) is 0. The maximum absolute atomic E-state index is 10.8. The van der Waals surface area contributed by atoms with Gasteiger partial charge in [0.25, 0.3) is 0 Å². The van der Waals surface area contributed by atoms with Crippen LogP contribution in [0.1, 0.15) is 5.56 Å². The summed E-state index contributed by atoms with van der Waals surface area (Å²) >= 11 is 0. The van der Waals surface area contributed by atoms with Gasteiger partial charge in [0, 0.05) is 5.56 Å². The van der Waals surface area contributed by atoms with E-state index in [1.807, 2.05) is 0 Å². The lowest BCUT2D eigenvalue weighted by molar-refractivity contribution is -0.131. The van der Waals surface area contributed by atoms with Gasteiger partial charge in [0.05, 0.1) is 6.42 Å². The number of esters is 1. The van der Waals surface area contributed by atoms with E-state index in [0.717, 1.165) is 0 Å². The Labute approximate surface area is 63.2 Å². The topological polar surface area (TPSA) is 46.2 Å². The molecular formula is C8H5O3. The van der Waals surface area contributed by atoms with Crippen molar-refractivity contribution >= 4 is 5.97 Å². The highest BCUT2D eigenvalue weighted by Gasteiger charge is 2.20. The average Bonchev–Trinajstić information content (AvgIpc) is 2.27. The third-order valence-electron chi connectivity index (χ3n) is 1.59. The molecule has 0 atom stereocenters. The van der Waals surface area contributed by atoms with Crippen LogP contribution in [-0.2, 0) is 16.3 Å². The fourth-order valence-corrected chi connectivity index (χ4v) is 1.11. The molecule has 0 fully saturated rings. The Balaban J connectivity index is 2.51. The minimum atomic E-state index is -0.286. The second-order valence-electron chi connectivity index (χ2n) is 2.42. The van der Waals surface area contributed by atoms with Gasteiger partial charge in [0.15, 0.2) is 5.75 Å². The second kappa shape index (κ2) is 1.99. The summed E-state index contributed by atoms with van der Waals surface area (Å²) < 4.78 is 4.78. The van der Waals surface area contributed by atoms with Gasteiger partial charge in [0.1, 0.15) is 5.75 Å². The second-order valence-corrected chi connectivity index (χ2v) is 2.42. The molecule has 3 nitrogen and oxygen atoms in total. The van der Waals surface area contributed by atoms with E-state index in [4.69, 9.17) is 4.74 Å². The molecule has 0 bridgehead atoms. The number of ether oxygens (including phenoxy) is 1. The van der Waals surface area contributed by atoms with Crippen molar-refractivity contribution in [1.29, 1.82) is 0 Å². The first-order chi connectivity index (χ1) is 5.25. The van der Waals surface area contributed by atoms with Gasteiger partial charge in [-0.1, -0.05) is 0 Å². The van der Waals surface area contributed by atoms with Gasteiger partial charge in [0.2, 0.25) is 0 Å². The van der Waals surface area contributed by atoms with Gasteiger partial charge in [-0.25, -0.2) is 0 Å². The molecule has 0 saturated carbocycles. The summed E-state index contributed by atoms with van der Waals surface area (Å²) in [5.41, 5.74) is 0.697. The van der Waals surface area contributed by atoms with Crippen LogP contribution in [0, 0.1) is 0 Å². The normalized spacial score (nSPS) is 14.4. The molecule has 1 heterocycles. The number of fused-ring (bicyclic) bond motifs is 1. The number of hydrogen-bond acceptors (Lipinski definition) is 2. The van der Waals surface area contributed by atoms with Crippen LogP contribution >= 0.6 is 0 Å². The predicted molar refractivity (Wildman–Crippen MR) is 35.9 cm³/mol. The molecule has 1 aromatic rings. The number of carbonyl (C=O) groups excluding carboxylic acids is 1. The maximum atomic E-state index is 10.8. The van der Waals surface area contributed by atoms with E-state index < -0.39 is 0 Å². The maximum Gasteiger partial charge on any atom is 0.315 e. The van der Waals surface area contributed by atoms with E-state index in [9.17, 15) is 9.90 Å². The highest BCUT2D eigenvalue weighted by atomic mass is 16.5. The first-order valence-corrected chi connectivity index (χ1v) is 3.26. The summed E-state index contributed by atoms with van der Waals surface area (Å²) in [6, 6.07) is 4.35. The number of benzene rings is 1. The standard InChI is InChI=1S/C8H5O3/c9-6-1-2-7-5(3-6)4-8(10)11-7/h1-3H,4H2. The van der Waals surface area contributed by atoms with Crippen LogP contribution in [0.2, 0.25) is 0 Å². The van der Waals surface area contributed by atoms with Gasteiger partial charge < -0.3 is 4.74 Å². The molecule has 55 valence electrons. The largest absolute Gasteiger partial charge is 0.426 e. The van der Waals surface area contributed by atoms with E-state index in [1.165, 1.54) is 18.2 Å². The quantitative estimate of drug-likeness (QED) is 0.412. The summed E-state index contributed by atoms with van der Waals surface area (Å²) in [5, 5.41) is 10.8. The van der Waals surface area contributed by atoms with Crippen molar-refractivity contribution in [2.75, 3.05) is 0 Å². The molecule has 0 amide bonds. The zero-order chi connectivity index (χ0) is 7.84. The van der Waals surface area contributed by atoms with Gasteiger partial charge in [-0.3, -0.25) is 9.90 Å². The van der Waals surface area contributed by atoms with Crippen molar-refractivity contribution in [3.63, 3.8) is 0 Å². The molecule has 0 aromatic heterocycles. The van der Waals surface area contributed by atoms with Crippen LogP contribution in [0.25, 0.3) is 0 Å². The molecular weight excluding hydrogens is 144 g/mol. The fourth-order valence-electron chi connectivity index (χ4n) is 1.11. The monoisotopic (exact) mass is 149 g/mol. The Kier molecular flexibility index (Phi) is 1.12. The van der Waals surface area contributed by atoms with E-state index in [2.05, 4.69) is 0 Å². The summed E-state index contributed by atoms with van der Waals surface area (Å²) in [4.78, 5) is 10.7. The highest BCUT2D eigenvalue weighted by Crippen LogP contribution is 2.28. The van der Waals surface area contributed by atoms with E-state index in [1.54, 1.807) is 0 Å². The summed E-state index contributed by atoms with van der Waals surface area (Å²) in [7, 11) is 0. The van der Waals surface area contributed by atoms with Crippen LogP contribution in [0.15, 0.2) is 18.2 Å². The lowest BCUT2D eigenvalue weighted by atomic mass is 10.1. The molecule has 0 aliphatic carbocycles. The Bertz CT molecular complexity index is 317. The SMILES string of the molecule is [O]c1ccc2c(c1)CC(=O)O2. The van der Waals surface area contributed by atoms with Crippen LogP contribution in [0.3, 0.4) is 0 Å². The minimum absolute atomic E-state index is 0.0814. The molecule has 1 aliphatic heterocycles. The Hall–Kier alpha value is -1.51. The van der Waals surface area contributed by atoms with Gasteiger partial charge >= 0.3 is 5.97 Å². The molecule has 0 unspecified atom stereocenters. The third-order valence-corrected chi connectivity index (χ3v) is 1.59. The van der Waals surface area contributed by atoms with Gasteiger partial charge in [-0.2, -0.15) is 0 Å². The van der Waals surface area contributed by atoms with Gasteiger partial charge in [-0.15, -0.1) is 0 Å². The number of hydrogen-bond donors (Lipinski definition) is 0. The smallest absolute Gasteiger partial charge is 0.315 e. The van der Waals surface area contributed by atoms with Gasteiger partial charge in [-0.05, 0) is 18.2 Å². The Morgan fingerprint density at radius 3 is 3.00 bits per heavy atom. The predicted octanol–water partition coefficient (Wildman–Crippen LogP) is 1.29.